The summed E-state index contributed by atoms with van der Waals surface area (Å²) in [6.45, 7) is 0.701. The second-order valence-electron chi connectivity index (χ2n) is 3.83. The van der Waals surface area contributed by atoms with Crippen LogP contribution in [-0.4, -0.2) is 23.2 Å². The van der Waals surface area contributed by atoms with Crippen molar-refractivity contribution < 1.29 is 4.74 Å². The molecule has 2 rings (SSSR count). The number of ether oxygens (including phenoxy) is 1. The van der Waals surface area contributed by atoms with Gasteiger partial charge in [0, 0.05) is 19.5 Å². The molecule has 0 atom stereocenters. The fourth-order valence-corrected chi connectivity index (χ4v) is 1.84. The minimum Gasteiger partial charge on any atom is -0.497 e. The van der Waals surface area contributed by atoms with E-state index in [4.69, 9.17) is 10.5 Å². The molecule has 2 N–H and O–H groups in total. The lowest BCUT2D eigenvalue weighted by molar-refractivity contribution is 0.415. The summed E-state index contributed by atoms with van der Waals surface area (Å²) in [4.78, 5) is 4.59. The van der Waals surface area contributed by atoms with Gasteiger partial charge in [0.05, 0.1) is 18.1 Å². The highest BCUT2D eigenvalue weighted by atomic mass is 16.5. The molecule has 86 valence electrons. The number of methoxy groups -OCH3 is 1. The molecular formula is C12H17N3O. The summed E-state index contributed by atoms with van der Waals surface area (Å²) in [5.41, 5.74) is 7.62. The predicted octanol–water partition coefficient (Wildman–Crippen LogP) is 1.47. The lowest BCUT2D eigenvalue weighted by atomic mass is 10.3. The summed E-state index contributed by atoms with van der Waals surface area (Å²) >= 11 is 0. The van der Waals surface area contributed by atoms with Crippen LogP contribution in [0.1, 0.15) is 12.2 Å². The van der Waals surface area contributed by atoms with E-state index >= 15 is 0 Å². The van der Waals surface area contributed by atoms with Gasteiger partial charge < -0.3 is 15.0 Å². The fourth-order valence-electron chi connectivity index (χ4n) is 1.84. The number of hydrogen-bond acceptors (Lipinski definition) is 3. The minimum absolute atomic E-state index is 0.701. The third-order valence-electron chi connectivity index (χ3n) is 2.79. The maximum atomic E-state index is 5.51. The molecular weight excluding hydrogens is 202 g/mol. The lowest BCUT2D eigenvalue weighted by Gasteiger charge is -2.01. The Kier molecular flexibility index (Phi) is 3.10. The molecule has 4 nitrogen and oxygen atoms in total. The summed E-state index contributed by atoms with van der Waals surface area (Å²) in [6.07, 6.45) is 1.89. The normalized spacial score (nSPS) is 10.9. The van der Waals surface area contributed by atoms with Crippen LogP contribution in [0.5, 0.6) is 5.75 Å². The highest BCUT2D eigenvalue weighted by molar-refractivity contribution is 5.77. The van der Waals surface area contributed by atoms with Crippen LogP contribution < -0.4 is 10.5 Å². The zero-order chi connectivity index (χ0) is 11.5. The van der Waals surface area contributed by atoms with Gasteiger partial charge in [0.2, 0.25) is 0 Å². The van der Waals surface area contributed by atoms with Crippen LogP contribution in [-0.2, 0) is 13.5 Å². The van der Waals surface area contributed by atoms with Gasteiger partial charge in [0.25, 0.3) is 0 Å². The van der Waals surface area contributed by atoms with Crippen LogP contribution in [0.4, 0.5) is 0 Å². The molecule has 0 spiro atoms. The van der Waals surface area contributed by atoms with Crippen LogP contribution in [0.25, 0.3) is 11.0 Å². The van der Waals surface area contributed by atoms with Crippen molar-refractivity contribution >= 4 is 11.0 Å². The Balaban J connectivity index is 2.41. The van der Waals surface area contributed by atoms with Crippen molar-refractivity contribution in [1.29, 1.82) is 0 Å². The maximum Gasteiger partial charge on any atom is 0.121 e. The molecule has 0 amide bonds. The Hall–Kier alpha value is -1.55. The molecule has 1 aromatic heterocycles. The highest BCUT2D eigenvalue weighted by Gasteiger charge is 2.07. The summed E-state index contributed by atoms with van der Waals surface area (Å²) in [7, 11) is 3.70. The molecule has 0 bridgehead atoms. The first-order chi connectivity index (χ1) is 7.76. The SMILES string of the molecule is COc1ccc2c(c1)nc(CCCN)n2C. The zero-order valence-electron chi connectivity index (χ0n) is 9.73. The van der Waals surface area contributed by atoms with E-state index in [0.717, 1.165) is 35.4 Å². The Morgan fingerprint density at radius 3 is 2.94 bits per heavy atom. The average Bonchev–Trinajstić information content (AvgIpc) is 2.63. The molecule has 0 aliphatic heterocycles. The Bertz CT molecular complexity index is 490. The number of aromatic nitrogens is 2. The van der Waals surface area contributed by atoms with Crippen LogP contribution in [0.3, 0.4) is 0 Å². The van der Waals surface area contributed by atoms with Gasteiger partial charge in [0.1, 0.15) is 11.6 Å². The molecule has 1 heterocycles. The summed E-state index contributed by atoms with van der Waals surface area (Å²) in [5, 5.41) is 0. The van der Waals surface area contributed by atoms with E-state index in [0.29, 0.717) is 6.54 Å². The molecule has 1 aromatic carbocycles. The molecule has 16 heavy (non-hydrogen) atoms. The molecule has 0 radical (unpaired) electrons. The monoisotopic (exact) mass is 219 g/mol. The quantitative estimate of drug-likeness (QED) is 0.847. The van der Waals surface area contributed by atoms with Gasteiger partial charge in [-0.15, -0.1) is 0 Å². The number of benzene rings is 1. The fraction of sp³-hybridized carbons (Fsp3) is 0.417. The van der Waals surface area contributed by atoms with Crippen molar-refractivity contribution in [2.75, 3.05) is 13.7 Å². The molecule has 0 unspecified atom stereocenters. The average molecular weight is 219 g/mol. The van der Waals surface area contributed by atoms with Gasteiger partial charge in [-0.05, 0) is 25.1 Å². The van der Waals surface area contributed by atoms with E-state index in [1.165, 1.54) is 0 Å². The first-order valence-corrected chi connectivity index (χ1v) is 5.45. The number of nitrogens with two attached hydrogens (primary N) is 1. The first kappa shape index (κ1) is 11.0. The van der Waals surface area contributed by atoms with E-state index in [1.807, 2.05) is 25.2 Å². The molecule has 4 heteroatoms. The Morgan fingerprint density at radius 1 is 1.44 bits per heavy atom. The van der Waals surface area contributed by atoms with Crippen molar-refractivity contribution in [1.82, 2.24) is 9.55 Å². The second kappa shape index (κ2) is 4.53. The van der Waals surface area contributed by atoms with Crippen LogP contribution in [0, 0.1) is 0 Å². The van der Waals surface area contributed by atoms with Crippen LogP contribution >= 0.6 is 0 Å². The van der Waals surface area contributed by atoms with Gasteiger partial charge in [-0.1, -0.05) is 0 Å². The first-order valence-electron chi connectivity index (χ1n) is 5.45. The van der Waals surface area contributed by atoms with E-state index in [1.54, 1.807) is 7.11 Å². The van der Waals surface area contributed by atoms with Crippen molar-refractivity contribution in [3.05, 3.63) is 24.0 Å². The Morgan fingerprint density at radius 2 is 2.25 bits per heavy atom. The largest absolute Gasteiger partial charge is 0.497 e. The predicted molar refractivity (Wildman–Crippen MR) is 64.6 cm³/mol. The number of fused-ring (bicyclic) bond motifs is 1. The van der Waals surface area contributed by atoms with E-state index in [2.05, 4.69) is 9.55 Å². The number of imidazole rings is 1. The van der Waals surface area contributed by atoms with Crippen molar-refractivity contribution in [2.24, 2.45) is 12.8 Å². The molecule has 0 aliphatic carbocycles. The van der Waals surface area contributed by atoms with Crippen LogP contribution in [0.2, 0.25) is 0 Å². The summed E-state index contributed by atoms with van der Waals surface area (Å²) in [5.74, 6) is 1.92. The topological polar surface area (TPSA) is 53.1 Å². The number of nitrogens with zero attached hydrogens (tertiary/aromatic N) is 2. The number of aryl methyl sites for hydroxylation is 2. The molecule has 0 saturated heterocycles. The third-order valence-corrected chi connectivity index (χ3v) is 2.79. The summed E-state index contributed by atoms with van der Waals surface area (Å²) < 4.78 is 7.30. The molecule has 2 aromatic rings. The summed E-state index contributed by atoms with van der Waals surface area (Å²) in [6, 6.07) is 5.95. The van der Waals surface area contributed by atoms with E-state index in [9.17, 15) is 0 Å². The zero-order valence-corrected chi connectivity index (χ0v) is 9.73. The standard InChI is InChI=1S/C12H17N3O/c1-15-11-6-5-9(16-2)8-10(11)14-12(15)4-3-7-13/h5-6,8H,3-4,7,13H2,1-2H3. The third kappa shape index (κ3) is 1.88. The molecule has 0 aliphatic rings. The van der Waals surface area contributed by atoms with Gasteiger partial charge >= 0.3 is 0 Å². The smallest absolute Gasteiger partial charge is 0.121 e. The minimum atomic E-state index is 0.701. The van der Waals surface area contributed by atoms with Gasteiger partial charge in [-0.2, -0.15) is 0 Å². The van der Waals surface area contributed by atoms with Gasteiger partial charge in [-0.25, -0.2) is 4.98 Å². The molecule has 0 saturated carbocycles. The molecule has 0 fully saturated rings. The van der Waals surface area contributed by atoms with E-state index in [-0.39, 0.29) is 0 Å². The lowest BCUT2D eigenvalue weighted by Crippen LogP contribution is -2.04. The van der Waals surface area contributed by atoms with Crippen molar-refractivity contribution in [2.45, 2.75) is 12.8 Å². The number of hydrogen-bond donors (Lipinski definition) is 1. The Labute approximate surface area is 95.0 Å². The van der Waals surface area contributed by atoms with Gasteiger partial charge in [-0.3, -0.25) is 0 Å². The maximum absolute atomic E-state index is 5.51. The second-order valence-corrected chi connectivity index (χ2v) is 3.83. The van der Waals surface area contributed by atoms with Crippen LogP contribution in [0.15, 0.2) is 18.2 Å². The number of rotatable bonds is 4. The van der Waals surface area contributed by atoms with Crippen molar-refractivity contribution in [3.8, 4) is 5.75 Å². The van der Waals surface area contributed by atoms with E-state index < -0.39 is 0 Å². The highest BCUT2D eigenvalue weighted by Crippen LogP contribution is 2.21. The van der Waals surface area contributed by atoms with Gasteiger partial charge in [0.15, 0.2) is 0 Å². The van der Waals surface area contributed by atoms with Crippen molar-refractivity contribution in [3.63, 3.8) is 0 Å².